The third-order valence-electron chi connectivity index (χ3n) is 6.25. The van der Waals surface area contributed by atoms with Gasteiger partial charge in [-0.15, -0.1) is 0 Å². The number of Topliss-reactive ketones (excluding diaryl/α,β-unsaturated/α-hetero) is 1. The van der Waals surface area contributed by atoms with Crippen molar-refractivity contribution in [1.29, 1.82) is 0 Å². The van der Waals surface area contributed by atoms with E-state index in [4.69, 9.17) is 16.3 Å². The highest BCUT2D eigenvalue weighted by molar-refractivity contribution is 6.30. The summed E-state index contributed by atoms with van der Waals surface area (Å²) in [6.07, 6.45) is 3.42. The number of esters is 1. The first-order valence-corrected chi connectivity index (χ1v) is 11.2. The Morgan fingerprint density at radius 3 is 2.32 bits per heavy atom. The number of benzene rings is 2. The third-order valence-corrected chi connectivity index (χ3v) is 6.50. The lowest BCUT2D eigenvalue weighted by molar-refractivity contribution is -0.152. The quantitative estimate of drug-likeness (QED) is 0.508. The smallest absolute Gasteiger partial charge is 0.309 e. The Morgan fingerprint density at radius 1 is 0.968 bits per heavy atom. The van der Waals surface area contributed by atoms with E-state index in [0.29, 0.717) is 42.1 Å². The lowest BCUT2D eigenvalue weighted by Gasteiger charge is -2.31. The number of fused-ring (bicyclic) bond motifs is 1. The normalized spacial score (nSPS) is 17.2. The van der Waals surface area contributed by atoms with E-state index in [1.54, 1.807) is 36.1 Å². The highest BCUT2D eigenvalue weighted by atomic mass is 35.5. The molecule has 0 saturated carbocycles. The van der Waals surface area contributed by atoms with Gasteiger partial charge in [0.05, 0.1) is 5.92 Å². The first-order chi connectivity index (χ1) is 14.9. The molecule has 1 amide bonds. The molecule has 1 aliphatic carbocycles. The molecule has 0 radical (unpaired) electrons. The van der Waals surface area contributed by atoms with E-state index >= 15 is 0 Å². The van der Waals surface area contributed by atoms with Crippen molar-refractivity contribution in [3.8, 4) is 0 Å². The average Bonchev–Trinajstić information content (AvgIpc) is 3.26. The molecule has 2 aromatic rings. The first kappa shape index (κ1) is 21.6. The number of likely N-dealkylation sites (tertiary alicyclic amines) is 1. The third kappa shape index (κ3) is 4.82. The van der Waals surface area contributed by atoms with E-state index in [1.165, 1.54) is 11.1 Å². The van der Waals surface area contributed by atoms with Crippen molar-refractivity contribution in [3.63, 3.8) is 0 Å². The number of amides is 1. The summed E-state index contributed by atoms with van der Waals surface area (Å²) in [5.74, 6) is -0.896. The van der Waals surface area contributed by atoms with Crippen LogP contribution in [0.5, 0.6) is 0 Å². The van der Waals surface area contributed by atoms with Gasteiger partial charge in [0.15, 0.2) is 6.10 Å². The molecule has 2 aromatic carbocycles. The van der Waals surface area contributed by atoms with Gasteiger partial charge in [0, 0.05) is 29.2 Å². The summed E-state index contributed by atoms with van der Waals surface area (Å²) in [5.41, 5.74) is 3.71. The van der Waals surface area contributed by atoms with Crippen molar-refractivity contribution in [1.82, 2.24) is 4.90 Å². The van der Waals surface area contributed by atoms with Gasteiger partial charge in [-0.1, -0.05) is 23.7 Å². The Kier molecular flexibility index (Phi) is 6.42. The van der Waals surface area contributed by atoms with Gasteiger partial charge in [0.1, 0.15) is 0 Å². The molecule has 4 rings (SSSR count). The molecule has 6 heteroatoms. The number of hydrogen-bond acceptors (Lipinski definition) is 4. The monoisotopic (exact) mass is 439 g/mol. The summed E-state index contributed by atoms with van der Waals surface area (Å²) in [4.78, 5) is 39.7. The summed E-state index contributed by atoms with van der Waals surface area (Å²) in [5, 5.41) is 0.585. The fourth-order valence-corrected chi connectivity index (χ4v) is 4.50. The van der Waals surface area contributed by atoms with Crippen LogP contribution in [0.15, 0.2) is 42.5 Å². The van der Waals surface area contributed by atoms with Crippen LogP contribution in [0, 0.1) is 5.92 Å². The summed E-state index contributed by atoms with van der Waals surface area (Å²) in [6.45, 7) is 2.59. The minimum Gasteiger partial charge on any atom is -0.454 e. The fraction of sp³-hybridized carbons (Fsp3) is 0.400. The molecule has 1 atom stereocenters. The molecule has 1 aliphatic heterocycles. The number of piperidine rings is 1. The Labute approximate surface area is 187 Å². The van der Waals surface area contributed by atoms with Crippen LogP contribution in [0.25, 0.3) is 0 Å². The molecular formula is C25H26ClNO4. The largest absolute Gasteiger partial charge is 0.454 e. The van der Waals surface area contributed by atoms with Gasteiger partial charge in [-0.2, -0.15) is 0 Å². The number of carbonyl (C=O) groups excluding carboxylic acids is 3. The van der Waals surface area contributed by atoms with Crippen molar-refractivity contribution in [3.05, 3.63) is 69.7 Å². The van der Waals surface area contributed by atoms with E-state index in [1.807, 2.05) is 18.2 Å². The van der Waals surface area contributed by atoms with Gasteiger partial charge in [-0.05, 0) is 80.5 Å². The summed E-state index contributed by atoms with van der Waals surface area (Å²) in [7, 11) is 0. The standard InChI is InChI=1S/C25H26ClNO4/c1-16(23(28)21-6-5-17-3-2-4-20(17)15-21)31-25(30)19-11-13-27(14-12-19)24(29)18-7-9-22(26)10-8-18/h5-10,15-16,19H,2-4,11-14H2,1H3. The van der Waals surface area contributed by atoms with Crippen molar-refractivity contribution < 1.29 is 19.1 Å². The first-order valence-electron chi connectivity index (χ1n) is 10.8. The highest BCUT2D eigenvalue weighted by Crippen LogP contribution is 2.25. The number of ketones is 1. The second kappa shape index (κ2) is 9.23. The topological polar surface area (TPSA) is 63.7 Å². The van der Waals surface area contributed by atoms with Crippen molar-refractivity contribution >= 4 is 29.3 Å². The molecule has 0 N–H and O–H groups in total. The Balaban J connectivity index is 1.30. The van der Waals surface area contributed by atoms with E-state index in [2.05, 4.69) is 0 Å². The zero-order valence-corrected chi connectivity index (χ0v) is 18.4. The van der Waals surface area contributed by atoms with Crippen molar-refractivity contribution in [2.75, 3.05) is 13.1 Å². The predicted octanol–water partition coefficient (Wildman–Crippen LogP) is 4.50. The van der Waals surface area contributed by atoms with Crippen molar-refractivity contribution in [2.24, 2.45) is 5.92 Å². The molecule has 0 bridgehead atoms. The van der Waals surface area contributed by atoms with E-state index in [-0.39, 0.29) is 23.6 Å². The molecule has 5 nitrogen and oxygen atoms in total. The molecule has 2 aliphatic rings. The van der Waals surface area contributed by atoms with Gasteiger partial charge < -0.3 is 9.64 Å². The zero-order chi connectivity index (χ0) is 22.0. The van der Waals surface area contributed by atoms with Crippen LogP contribution in [0.4, 0.5) is 0 Å². The second-order valence-corrected chi connectivity index (χ2v) is 8.79. The fourth-order valence-electron chi connectivity index (χ4n) is 4.38. The number of halogens is 1. The van der Waals surface area contributed by atoms with Gasteiger partial charge in [-0.25, -0.2) is 0 Å². The van der Waals surface area contributed by atoms with Crippen molar-refractivity contribution in [2.45, 2.75) is 45.1 Å². The molecule has 1 heterocycles. The summed E-state index contributed by atoms with van der Waals surface area (Å²) in [6, 6.07) is 12.6. The molecular weight excluding hydrogens is 414 g/mol. The van der Waals surface area contributed by atoms with Crippen LogP contribution >= 0.6 is 11.6 Å². The van der Waals surface area contributed by atoms with E-state index in [9.17, 15) is 14.4 Å². The van der Waals surface area contributed by atoms with Crippen LogP contribution in [-0.4, -0.2) is 41.8 Å². The molecule has 162 valence electrons. The van der Waals surface area contributed by atoms with E-state index < -0.39 is 6.10 Å². The second-order valence-electron chi connectivity index (χ2n) is 8.35. The number of ether oxygens (including phenoxy) is 1. The lowest BCUT2D eigenvalue weighted by atomic mass is 9.96. The minimum absolute atomic E-state index is 0.0661. The molecule has 1 unspecified atom stereocenters. The molecule has 1 fully saturated rings. The molecule has 0 aromatic heterocycles. The van der Waals surface area contributed by atoms with Crippen LogP contribution in [0.2, 0.25) is 5.02 Å². The van der Waals surface area contributed by atoms with Crippen LogP contribution in [-0.2, 0) is 22.4 Å². The van der Waals surface area contributed by atoms with Crippen LogP contribution < -0.4 is 0 Å². The van der Waals surface area contributed by atoms with Gasteiger partial charge in [-0.3, -0.25) is 14.4 Å². The number of rotatable bonds is 5. The maximum Gasteiger partial charge on any atom is 0.309 e. The van der Waals surface area contributed by atoms with E-state index in [0.717, 1.165) is 19.3 Å². The molecule has 31 heavy (non-hydrogen) atoms. The van der Waals surface area contributed by atoms with Gasteiger partial charge >= 0.3 is 5.97 Å². The Bertz CT molecular complexity index is 993. The van der Waals surface area contributed by atoms with Crippen LogP contribution in [0.3, 0.4) is 0 Å². The maximum absolute atomic E-state index is 12.7. The number of aryl methyl sites for hydroxylation is 2. The Hall–Kier alpha value is -2.66. The zero-order valence-electron chi connectivity index (χ0n) is 17.6. The predicted molar refractivity (Wildman–Crippen MR) is 118 cm³/mol. The average molecular weight is 440 g/mol. The molecule has 0 spiro atoms. The lowest BCUT2D eigenvalue weighted by Crippen LogP contribution is -2.41. The summed E-state index contributed by atoms with van der Waals surface area (Å²) < 4.78 is 5.51. The number of carbonyl (C=O) groups is 3. The maximum atomic E-state index is 12.7. The van der Waals surface area contributed by atoms with Crippen LogP contribution in [0.1, 0.15) is 58.0 Å². The SMILES string of the molecule is CC(OC(=O)C1CCN(C(=O)c2ccc(Cl)cc2)CC1)C(=O)c1ccc2c(c1)CCC2. The number of nitrogens with zero attached hydrogens (tertiary/aromatic N) is 1. The number of hydrogen-bond donors (Lipinski definition) is 0. The Morgan fingerprint density at radius 2 is 1.61 bits per heavy atom. The molecule has 1 saturated heterocycles. The van der Waals surface area contributed by atoms with Gasteiger partial charge in [0.25, 0.3) is 5.91 Å². The summed E-state index contributed by atoms with van der Waals surface area (Å²) >= 11 is 5.88. The van der Waals surface area contributed by atoms with Gasteiger partial charge in [0.2, 0.25) is 5.78 Å². The minimum atomic E-state index is -0.819. The highest BCUT2D eigenvalue weighted by Gasteiger charge is 2.31.